The summed E-state index contributed by atoms with van der Waals surface area (Å²) in [5.74, 6) is -0.328. The molecule has 0 heterocycles. The second-order valence-electron chi connectivity index (χ2n) is 3.19. The lowest BCUT2D eigenvalue weighted by atomic mass is 10.1. The van der Waals surface area contributed by atoms with Crippen molar-refractivity contribution in [3.63, 3.8) is 0 Å². The van der Waals surface area contributed by atoms with Crippen molar-refractivity contribution in [1.82, 2.24) is 5.43 Å². The molecule has 1 aromatic carbocycles. The van der Waals surface area contributed by atoms with Gasteiger partial charge in [-0.1, -0.05) is 6.07 Å². The monoisotopic (exact) mass is 261 g/mol. The molecule has 98 valence electrons. The number of halogens is 3. The van der Waals surface area contributed by atoms with Crippen LogP contribution < -0.4 is 15.9 Å². The summed E-state index contributed by atoms with van der Waals surface area (Å²) < 4.78 is 42.3. The van der Waals surface area contributed by atoms with Crippen LogP contribution in [0.15, 0.2) is 23.3 Å². The van der Waals surface area contributed by atoms with Crippen molar-refractivity contribution < 1.29 is 22.7 Å². The van der Waals surface area contributed by atoms with Crippen molar-refractivity contribution in [2.24, 2.45) is 10.8 Å². The van der Waals surface area contributed by atoms with E-state index >= 15 is 0 Å². The number of carbonyl (C=O) groups is 1. The second kappa shape index (κ2) is 5.39. The van der Waals surface area contributed by atoms with Crippen LogP contribution in [0.3, 0.4) is 0 Å². The molecule has 0 radical (unpaired) electrons. The maximum atomic E-state index is 12.5. The maximum Gasteiger partial charge on any atom is 0.419 e. The van der Waals surface area contributed by atoms with Crippen molar-refractivity contribution in [3.8, 4) is 5.75 Å². The summed E-state index contributed by atoms with van der Waals surface area (Å²) >= 11 is 0. The number of benzene rings is 1. The van der Waals surface area contributed by atoms with Gasteiger partial charge >= 0.3 is 12.2 Å². The Morgan fingerprint density at radius 1 is 1.50 bits per heavy atom. The molecular weight excluding hydrogens is 251 g/mol. The lowest BCUT2D eigenvalue weighted by Gasteiger charge is -2.11. The fourth-order valence-corrected chi connectivity index (χ4v) is 1.19. The summed E-state index contributed by atoms with van der Waals surface area (Å²) in [7, 11) is 1.13. The normalized spacial score (nSPS) is 11.6. The number of nitrogens with zero attached hydrogens (tertiary/aromatic N) is 1. The van der Waals surface area contributed by atoms with Crippen molar-refractivity contribution in [2.75, 3.05) is 7.11 Å². The number of carbonyl (C=O) groups excluding carboxylic acids is 1. The molecule has 0 unspecified atom stereocenters. The molecule has 1 rings (SSSR count). The first-order valence-corrected chi connectivity index (χ1v) is 4.68. The zero-order chi connectivity index (χ0) is 13.8. The molecule has 0 aliphatic carbocycles. The summed E-state index contributed by atoms with van der Waals surface area (Å²) in [5.41, 5.74) is 6.12. The fraction of sp³-hybridized carbons (Fsp3) is 0.200. The van der Waals surface area contributed by atoms with Gasteiger partial charge in [-0.15, -0.1) is 0 Å². The van der Waals surface area contributed by atoms with Gasteiger partial charge in [0, 0.05) is 0 Å². The molecule has 0 aliphatic heterocycles. The molecular formula is C10H10F3N3O2. The summed E-state index contributed by atoms with van der Waals surface area (Å²) in [5, 5.41) is 3.42. The van der Waals surface area contributed by atoms with E-state index < -0.39 is 17.8 Å². The molecule has 0 saturated heterocycles. The number of ether oxygens (including phenoxy) is 1. The van der Waals surface area contributed by atoms with Crippen LogP contribution in [0.2, 0.25) is 0 Å². The van der Waals surface area contributed by atoms with Gasteiger partial charge in [-0.05, 0) is 17.7 Å². The van der Waals surface area contributed by atoms with Crippen LogP contribution in [-0.2, 0) is 6.18 Å². The zero-order valence-corrected chi connectivity index (χ0v) is 9.28. The number of amides is 2. The molecule has 0 aliphatic rings. The van der Waals surface area contributed by atoms with Crippen molar-refractivity contribution in [1.29, 1.82) is 0 Å². The molecule has 0 saturated carbocycles. The van der Waals surface area contributed by atoms with Crippen molar-refractivity contribution >= 4 is 12.2 Å². The SMILES string of the molecule is COc1cc(C=NNC(N)=O)ccc1C(F)(F)F. The van der Waals surface area contributed by atoms with E-state index in [9.17, 15) is 18.0 Å². The molecule has 0 bridgehead atoms. The van der Waals surface area contributed by atoms with Gasteiger partial charge in [0.2, 0.25) is 0 Å². The minimum absolute atomic E-state index is 0.327. The summed E-state index contributed by atoms with van der Waals surface area (Å²) in [4.78, 5) is 10.3. The molecule has 0 fully saturated rings. The highest BCUT2D eigenvalue weighted by Crippen LogP contribution is 2.36. The third kappa shape index (κ3) is 3.65. The summed E-state index contributed by atoms with van der Waals surface area (Å²) in [6.45, 7) is 0. The van der Waals surface area contributed by atoms with E-state index in [0.717, 1.165) is 25.5 Å². The minimum Gasteiger partial charge on any atom is -0.496 e. The third-order valence-corrected chi connectivity index (χ3v) is 1.92. The number of nitrogens with two attached hydrogens (primary N) is 1. The van der Waals surface area contributed by atoms with Crippen LogP contribution in [0, 0.1) is 0 Å². The lowest BCUT2D eigenvalue weighted by Crippen LogP contribution is -2.24. The Bertz CT molecular complexity index is 472. The highest BCUT2D eigenvalue weighted by atomic mass is 19.4. The van der Waals surface area contributed by atoms with Crippen LogP contribution >= 0.6 is 0 Å². The first-order chi connectivity index (χ1) is 8.34. The molecule has 0 atom stereocenters. The van der Waals surface area contributed by atoms with Gasteiger partial charge < -0.3 is 10.5 Å². The average Bonchev–Trinajstić information content (AvgIpc) is 2.26. The van der Waals surface area contributed by atoms with Crippen molar-refractivity contribution in [3.05, 3.63) is 29.3 Å². The van der Waals surface area contributed by atoms with Crippen LogP contribution in [0.25, 0.3) is 0 Å². The number of rotatable bonds is 3. The number of hydrogen-bond acceptors (Lipinski definition) is 3. The van der Waals surface area contributed by atoms with E-state index in [2.05, 4.69) is 9.84 Å². The van der Waals surface area contributed by atoms with Gasteiger partial charge in [-0.2, -0.15) is 18.3 Å². The van der Waals surface area contributed by atoms with Gasteiger partial charge in [0.1, 0.15) is 5.75 Å². The van der Waals surface area contributed by atoms with Crippen LogP contribution in [0.5, 0.6) is 5.75 Å². The Hall–Kier alpha value is -2.25. The average molecular weight is 261 g/mol. The highest BCUT2D eigenvalue weighted by Gasteiger charge is 2.34. The smallest absolute Gasteiger partial charge is 0.419 e. The molecule has 1 aromatic rings. The second-order valence-corrected chi connectivity index (χ2v) is 3.19. The van der Waals surface area contributed by atoms with E-state index in [-0.39, 0.29) is 5.75 Å². The predicted molar refractivity (Wildman–Crippen MR) is 58.3 cm³/mol. The molecule has 3 N–H and O–H groups in total. The van der Waals surface area contributed by atoms with Crippen LogP contribution in [-0.4, -0.2) is 19.4 Å². The van der Waals surface area contributed by atoms with E-state index in [4.69, 9.17) is 5.73 Å². The molecule has 5 nitrogen and oxygen atoms in total. The Morgan fingerprint density at radius 2 is 2.17 bits per heavy atom. The molecule has 8 heteroatoms. The van der Waals surface area contributed by atoms with Crippen LogP contribution in [0.4, 0.5) is 18.0 Å². The lowest BCUT2D eigenvalue weighted by molar-refractivity contribution is -0.138. The Morgan fingerprint density at radius 3 is 2.67 bits per heavy atom. The zero-order valence-electron chi connectivity index (χ0n) is 9.28. The summed E-state index contributed by atoms with van der Waals surface area (Å²) in [6.07, 6.45) is -3.35. The first-order valence-electron chi connectivity index (χ1n) is 4.68. The standard InChI is InChI=1S/C10H10F3N3O2/c1-18-8-4-6(5-15-16-9(14)17)2-3-7(8)10(11,12)13/h2-5H,1H3,(H3,14,16,17). The largest absolute Gasteiger partial charge is 0.496 e. The molecule has 0 spiro atoms. The Kier molecular flexibility index (Phi) is 4.13. The van der Waals surface area contributed by atoms with E-state index in [1.807, 2.05) is 5.43 Å². The number of primary amides is 1. The van der Waals surface area contributed by atoms with E-state index in [1.165, 1.54) is 6.07 Å². The van der Waals surface area contributed by atoms with E-state index in [0.29, 0.717) is 5.56 Å². The fourth-order valence-electron chi connectivity index (χ4n) is 1.19. The van der Waals surface area contributed by atoms with Gasteiger partial charge in [0.25, 0.3) is 0 Å². The molecule has 0 aromatic heterocycles. The summed E-state index contributed by atoms with van der Waals surface area (Å²) in [6, 6.07) is 2.34. The quantitative estimate of drug-likeness (QED) is 0.642. The van der Waals surface area contributed by atoms with Gasteiger partial charge in [-0.3, -0.25) is 0 Å². The molecule has 2 amide bonds. The highest BCUT2D eigenvalue weighted by molar-refractivity contribution is 5.82. The molecule has 18 heavy (non-hydrogen) atoms. The minimum atomic E-state index is -4.49. The number of hydrogen-bond donors (Lipinski definition) is 2. The topological polar surface area (TPSA) is 76.7 Å². The maximum absolute atomic E-state index is 12.5. The number of alkyl halides is 3. The third-order valence-electron chi connectivity index (χ3n) is 1.92. The van der Waals surface area contributed by atoms with Crippen molar-refractivity contribution in [2.45, 2.75) is 6.18 Å². The Balaban J connectivity index is 2.99. The van der Waals surface area contributed by atoms with Gasteiger partial charge in [-0.25, -0.2) is 10.2 Å². The Labute approximate surface area is 100 Å². The number of hydrazone groups is 1. The first kappa shape index (κ1) is 13.8. The van der Waals surface area contributed by atoms with Gasteiger partial charge in [0.05, 0.1) is 18.9 Å². The number of nitrogens with one attached hydrogen (secondary N) is 1. The van der Waals surface area contributed by atoms with E-state index in [1.54, 1.807) is 0 Å². The number of methoxy groups -OCH3 is 1. The number of urea groups is 1. The van der Waals surface area contributed by atoms with Crippen LogP contribution in [0.1, 0.15) is 11.1 Å². The predicted octanol–water partition coefficient (Wildman–Crippen LogP) is 1.72. The van der Waals surface area contributed by atoms with Gasteiger partial charge in [0.15, 0.2) is 0 Å².